The fourth-order valence-corrected chi connectivity index (χ4v) is 6.50. The van der Waals surface area contributed by atoms with E-state index in [2.05, 4.69) is 14.9 Å². The van der Waals surface area contributed by atoms with Gasteiger partial charge in [0.1, 0.15) is 22.8 Å². The quantitative estimate of drug-likeness (QED) is 0.347. The summed E-state index contributed by atoms with van der Waals surface area (Å²) in [6.45, 7) is 7.11. The zero-order valence-corrected chi connectivity index (χ0v) is 25.2. The molecule has 1 N–H and O–H groups in total. The van der Waals surface area contributed by atoms with Crippen LogP contribution >= 0.6 is 0 Å². The van der Waals surface area contributed by atoms with Crippen molar-refractivity contribution >= 4 is 28.9 Å². The molecule has 8 nitrogen and oxygen atoms in total. The van der Waals surface area contributed by atoms with Crippen molar-refractivity contribution in [3.8, 4) is 5.88 Å². The van der Waals surface area contributed by atoms with Crippen LogP contribution in [-0.4, -0.2) is 71.1 Å². The molecule has 230 valence electrons. The standard InChI is InChI=1S/C33H40F2N4O4/c1-32(2,3)43-31(41)39(16-5-6-22-18-24(34)7-8-26(22)35)25-11-14-33(21-40)20-38(17-13-23(33)19-25)28-12-15-36-27-9-10-29(42-4)37-30(27)28/h5-10,12,15,18,23,25,40H,11,13-14,16-17,19-21H2,1-4H3/t23-,25-,33+/m0/s1. The summed E-state index contributed by atoms with van der Waals surface area (Å²) < 4.78 is 39.0. The first-order valence-corrected chi connectivity index (χ1v) is 14.8. The molecular formula is C33H40F2N4O4. The van der Waals surface area contributed by atoms with E-state index in [-0.39, 0.29) is 36.1 Å². The van der Waals surface area contributed by atoms with Gasteiger partial charge < -0.3 is 24.4 Å². The molecule has 1 saturated heterocycles. The lowest BCUT2D eigenvalue weighted by Gasteiger charge is -2.53. The van der Waals surface area contributed by atoms with Crippen LogP contribution in [-0.2, 0) is 4.74 Å². The van der Waals surface area contributed by atoms with Gasteiger partial charge >= 0.3 is 6.09 Å². The van der Waals surface area contributed by atoms with E-state index in [4.69, 9.17) is 9.47 Å². The van der Waals surface area contributed by atoms with E-state index in [1.165, 1.54) is 6.08 Å². The number of aliphatic hydroxyl groups excluding tert-OH is 1. The summed E-state index contributed by atoms with van der Waals surface area (Å²) in [6, 6.07) is 8.82. The van der Waals surface area contributed by atoms with Gasteiger partial charge in [0.2, 0.25) is 5.88 Å². The molecule has 2 fully saturated rings. The molecule has 5 rings (SSSR count). The lowest BCUT2D eigenvalue weighted by molar-refractivity contribution is -0.0295. The Bertz CT molecular complexity index is 1490. The lowest BCUT2D eigenvalue weighted by atomic mass is 9.62. The number of fused-ring (bicyclic) bond motifs is 2. The van der Waals surface area contributed by atoms with Gasteiger partial charge in [-0.05, 0) is 82.7 Å². The van der Waals surface area contributed by atoms with Crippen LogP contribution in [0.4, 0.5) is 19.3 Å². The highest BCUT2D eigenvalue weighted by Crippen LogP contribution is 2.48. The van der Waals surface area contributed by atoms with Gasteiger partial charge in [-0.3, -0.25) is 4.98 Å². The van der Waals surface area contributed by atoms with Gasteiger partial charge in [0, 0.05) is 48.9 Å². The first kappa shape index (κ1) is 30.7. The summed E-state index contributed by atoms with van der Waals surface area (Å²) in [5.41, 5.74) is 1.59. The molecule has 1 aliphatic heterocycles. The Morgan fingerprint density at radius 2 is 2.02 bits per heavy atom. The number of aromatic nitrogens is 2. The minimum Gasteiger partial charge on any atom is -0.481 e. The smallest absolute Gasteiger partial charge is 0.410 e. The Morgan fingerprint density at radius 1 is 1.21 bits per heavy atom. The number of hydrogen-bond donors (Lipinski definition) is 1. The van der Waals surface area contributed by atoms with Gasteiger partial charge in [0.05, 0.1) is 24.9 Å². The van der Waals surface area contributed by atoms with E-state index in [0.29, 0.717) is 25.3 Å². The molecule has 43 heavy (non-hydrogen) atoms. The molecule has 1 saturated carbocycles. The van der Waals surface area contributed by atoms with E-state index in [1.54, 1.807) is 30.3 Å². The Kier molecular flexibility index (Phi) is 8.87. The predicted molar refractivity (Wildman–Crippen MR) is 162 cm³/mol. The predicted octanol–water partition coefficient (Wildman–Crippen LogP) is 6.22. The van der Waals surface area contributed by atoms with Crippen molar-refractivity contribution in [1.82, 2.24) is 14.9 Å². The Balaban J connectivity index is 1.36. The van der Waals surface area contributed by atoms with Crippen LogP contribution in [0.25, 0.3) is 17.1 Å². The number of methoxy groups -OCH3 is 1. The highest BCUT2D eigenvalue weighted by molar-refractivity contribution is 5.88. The molecule has 3 atom stereocenters. The van der Waals surface area contributed by atoms with Gasteiger partial charge in [-0.2, -0.15) is 0 Å². The van der Waals surface area contributed by atoms with Crippen molar-refractivity contribution in [3.63, 3.8) is 0 Å². The molecule has 2 aliphatic rings. The number of halogens is 2. The normalized spacial score (nSPS) is 22.4. The van der Waals surface area contributed by atoms with E-state index in [1.807, 2.05) is 32.9 Å². The van der Waals surface area contributed by atoms with Crippen LogP contribution in [0.15, 0.2) is 48.7 Å². The number of nitrogens with zero attached hydrogens (tertiary/aromatic N) is 4. The number of ether oxygens (including phenoxy) is 2. The van der Waals surface area contributed by atoms with Crippen LogP contribution in [0, 0.1) is 23.0 Å². The number of piperidine rings is 1. The van der Waals surface area contributed by atoms with Gasteiger partial charge in [0.15, 0.2) is 0 Å². The summed E-state index contributed by atoms with van der Waals surface area (Å²) in [5, 5.41) is 10.8. The largest absolute Gasteiger partial charge is 0.481 e. The Hall–Kier alpha value is -3.79. The summed E-state index contributed by atoms with van der Waals surface area (Å²) in [5.74, 6) is -0.365. The minimum absolute atomic E-state index is 0.0336. The van der Waals surface area contributed by atoms with Crippen molar-refractivity contribution < 1.29 is 28.2 Å². The molecule has 0 bridgehead atoms. The van der Waals surface area contributed by atoms with E-state index < -0.39 is 23.3 Å². The molecule has 1 amide bonds. The highest BCUT2D eigenvalue weighted by atomic mass is 19.1. The third-order valence-electron chi connectivity index (χ3n) is 8.68. The van der Waals surface area contributed by atoms with Crippen LogP contribution in [0.5, 0.6) is 5.88 Å². The van der Waals surface area contributed by atoms with Gasteiger partial charge in [-0.15, -0.1) is 0 Å². The summed E-state index contributed by atoms with van der Waals surface area (Å²) in [4.78, 5) is 26.5. The second-order valence-electron chi connectivity index (χ2n) is 12.6. The molecule has 10 heteroatoms. The first-order valence-electron chi connectivity index (χ1n) is 14.8. The van der Waals surface area contributed by atoms with Crippen molar-refractivity contribution in [2.24, 2.45) is 11.3 Å². The van der Waals surface area contributed by atoms with Crippen molar-refractivity contribution in [3.05, 3.63) is 65.9 Å². The number of pyridine rings is 2. The number of rotatable bonds is 7. The fraction of sp³-hybridized carbons (Fsp3) is 0.485. The van der Waals surface area contributed by atoms with Crippen molar-refractivity contribution in [2.75, 3.05) is 38.3 Å². The van der Waals surface area contributed by atoms with Crippen molar-refractivity contribution in [2.45, 2.75) is 58.1 Å². The third-order valence-corrected chi connectivity index (χ3v) is 8.68. The average molecular weight is 595 g/mol. The van der Waals surface area contributed by atoms with E-state index >= 15 is 0 Å². The molecule has 0 unspecified atom stereocenters. The topological polar surface area (TPSA) is 88.0 Å². The van der Waals surface area contributed by atoms with Gasteiger partial charge in [-0.1, -0.05) is 12.2 Å². The zero-order chi connectivity index (χ0) is 30.8. The minimum atomic E-state index is -0.688. The van der Waals surface area contributed by atoms with Gasteiger partial charge in [-0.25, -0.2) is 18.6 Å². The molecule has 0 spiro atoms. The number of carbonyl (C=O) groups excluding carboxylic acids is 1. The summed E-state index contributed by atoms with van der Waals surface area (Å²) in [6.07, 6.45) is 7.44. The number of anilines is 1. The van der Waals surface area contributed by atoms with E-state index in [0.717, 1.165) is 54.3 Å². The number of amides is 1. The van der Waals surface area contributed by atoms with Crippen LogP contribution < -0.4 is 9.64 Å². The summed E-state index contributed by atoms with van der Waals surface area (Å²) >= 11 is 0. The maximum atomic E-state index is 14.2. The molecule has 2 aromatic heterocycles. The summed E-state index contributed by atoms with van der Waals surface area (Å²) in [7, 11) is 1.59. The number of hydrogen-bond acceptors (Lipinski definition) is 7. The number of benzene rings is 1. The van der Waals surface area contributed by atoms with E-state index in [9.17, 15) is 18.7 Å². The van der Waals surface area contributed by atoms with Crippen LogP contribution in [0.3, 0.4) is 0 Å². The Morgan fingerprint density at radius 3 is 2.77 bits per heavy atom. The maximum Gasteiger partial charge on any atom is 0.410 e. The maximum absolute atomic E-state index is 14.2. The molecule has 0 radical (unpaired) electrons. The highest BCUT2D eigenvalue weighted by Gasteiger charge is 2.48. The molecule has 3 aromatic rings. The molecular weight excluding hydrogens is 554 g/mol. The monoisotopic (exact) mass is 594 g/mol. The second kappa shape index (κ2) is 12.4. The first-order chi connectivity index (χ1) is 20.5. The number of carbonyl (C=O) groups is 1. The number of aliphatic hydroxyl groups is 1. The Labute approximate surface area is 251 Å². The van der Waals surface area contributed by atoms with Gasteiger partial charge in [0.25, 0.3) is 0 Å². The van der Waals surface area contributed by atoms with Crippen molar-refractivity contribution in [1.29, 1.82) is 0 Å². The second-order valence-corrected chi connectivity index (χ2v) is 12.6. The zero-order valence-electron chi connectivity index (χ0n) is 25.2. The average Bonchev–Trinajstić information content (AvgIpc) is 2.99. The SMILES string of the molecule is COc1ccc2nccc(N3CC[C@H]4C[C@@H](N(CC=Cc5cc(F)ccc5F)C(=O)OC(C)(C)C)CC[C@]4(CO)C3)c2n1. The fourth-order valence-electron chi connectivity index (χ4n) is 6.50. The van der Waals surface area contributed by atoms with Crippen LogP contribution in [0.2, 0.25) is 0 Å². The molecule has 1 aliphatic carbocycles. The molecule has 1 aromatic carbocycles. The lowest BCUT2D eigenvalue weighted by Crippen LogP contribution is -2.57. The third kappa shape index (κ3) is 6.74. The van der Waals surface area contributed by atoms with Crippen LogP contribution in [0.1, 0.15) is 52.0 Å². The molecule has 3 heterocycles.